The third-order valence-electron chi connectivity index (χ3n) is 6.15. The number of hydrogen-bond acceptors (Lipinski definition) is 5. The summed E-state index contributed by atoms with van der Waals surface area (Å²) in [5.41, 5.74) is -0.750. The van der Waals surface area contributed by atoms with Gasteiger partial charge in [0.15, 0.2) is 8.32 Å². The van der Waals surface area contributed by atoms with Crippen molar-refractivity contribution in [1.29, 1.82) is 0 Å². The molecule has 0 spiro atoms. The second-order valence-electron chi connectivity index (χ2n) is 10.6. The van der Waals surface area contributed by atoms with Gasteiger partial charge in [-0.25, -0.2) is 9.78 Å². The Hall–Kier alpha value is -1.33. The van der Waals surface area contributed by atoms with Crippen LogP contribution in [-0.4, -0.2) is 37.1 Å². The molecule has 6 nitrogen and oxygen atoms in total. The molecular formula is C23H34FIN2O4Si. The molecule has 2 aromatic heterocycles. The third-order valence-corrected chi connectivity index (χ3v) is 11.4. The van der Waals surface area contributed by atoms with Crippen LogP contribution in [0, 0.1) is 14.9 Å². The highest BCUT2D eigenvalue weighted by Crippen LogP contribution is 2.39. The highest BCUT2D eigenvalue weighted by atomic mass is 127. The van der Waals surface area contributed by atoms with Crippen molar-refractivity contribution in [2.24, 2.45) is 5.41 Å². The SMILES string of the molecule is CCOC(=O)c1cn([C@H](CO[Si](C)(C)C(C)(C)C)C(C)(C)C)c2nc(F)c(I)cc2c1=O. The Morgan fingerprint density at radius 3 is 2.34 bits per heavy atom. The number of nitrogens with zero attached hydrogens (tertiary/aromatic N) is 2. The van der Waals surface area contributed by atoms with Crippen LogP contribution in [0.1, 0.15) is 64.9 Å². The van der Waals surface area contributed by atoms with E-state index in [1.165, 1.54) is 12.3 Å². The molecule has 0 saturated heterocycles. The summed E-state index contributed by atoms with van der Waals surface area (Å²) in [5.74, 6) is -1.36. The number of ether oxygens (including phenoxy) is 1. The summed E-state index contributed by atoms with van der Waals surface area (Å²) >= 11 is 1.79. The van der Waals surface area contributed by atoms with Gasteiger partial charge in [0.1, 0.15) is 11.2 Å². The Balaban J connectivity index is 2.78. The van der Waals surface area contributed by atoms with Gasteiger partial charge < -0.3 is 13.7 Å². The Morgan fingerprint density at radius 2 is 1.84 bits per heavy atom. The summed E-state index contributed by atoms with van der Waals surface area (Å²) in [6, 6.07) is 1.13. The topological polar surface area (TPSA) is 70.4 Å². The lowest BCUT2D eigenvalue weighted by Crippen LogP contribution is -2.43. The quantitative estimate of drug-likeness (QED) is 0.185. The van der Waals surface area contributed by atoms with Gasteiger partial charge in [-0.15, -0.1) is 0 Å². The number of aromatic nitrogens is 2. The van der Waals surface area contributed by atoms with Crippen LogP contribution in [0.2, 0.25) is 18.1 Å². The normalized spacial score (nSPS) is 14.0. The molecule has 0 aromatic carbocycles. The summed E-state index contributed by atoms with van der Waals surface area (Å²) in [6.07, 6.45) is 1.45. The minimum atomic E-state index is -2.09. The molecule has 0 N–H and O–H groups in total. The number of rotatable bonds is 6. The predicted octanol–water partition coefficient (Wildman–Crippen LogP) is 5.93. The van der Waals surface area contributed by atoms with Crippen LogP contribution in [0.4, 0.5) is 4.39 Å². The Kier molecular flexibility index (Phi) is 7.99. The highest BCUT2D eigenvalue weighted by Gasteiger charge is 2.39. The smallest absolute Gasteiger partial charge is 0.343 e. The van der Waals surface area contributed by atoms with E-state index in [-0.39, 0.29) is 43.3 Å². The van der Waals surface area contributed by atoms with Gasteiger partial charge in [-0.2, -0.15) is 4.39 Å². The minimum absolute atomic E-state index is 0.0115. The summed E-state index contributed by atoms with van der Waals surface area (Å²) in [6.45, 7) is 19.1. The van der Waals surface area contributed by atoms with E-state index >= 15 is 0 Å². The summed E-state index contributed by atoms with van der Waals surface area (Å²) in [4.78, 5) is 29.8. The van der Waals surface area contributed by atoms with Crippen molar-refractivity contribution in [2.75, 3.05) is 13.2 Å². The number of pyridine rings is 2. The number of esters is 1. The monoisotopic (exact) mass is 576 g/mol. The van der Waals surface area contributed by atoms with Gasteiger partial charge in [-0.1, -0.05) is 41.5 Å². The van der Waals surface area contributed by atoms with Crippen LogP contribution in [0.3, 0.4) is 0 Å². The third kappa shape index (κ3) is 5.59. The van der Waals surface area contributed by atoms with Crippen LogP contribution in [0.25, 0.3) is 11.0 Å². The zero-order chi connectivity index (χ0) is 24.6. The molecule has 32 heavy (non-hydrogen) atoms. The van der Waals surface area contributed by atoms with E-state index in [9.17, 15) is 14.0 Å². The van der Waals surface area contributed by atoms with E-state index in [1.54, 1.807) is 34.1 Å². The van der Waals surface area contributed by atoms with E-state index < -0.39 is 25.7 Å². The highest BCUT2D eigenvalue weighted by molar-refractivity contribution is 14.1. The van der Waals surface area contributed by atoms with E-state index in [0.29, 0.717) is 6.61 Å². The number of halogens is 2. The second kappa shape index (κ2) is 9.50. The number of hydrogen-bond donors (Lipinski definition) is 0. The maximum absolute atomic E-state index is 14.5. The maximum atomic E-state index is 14.5. The van der Waals surface area contributed by atoms with Crippen molar-refractivity contribution < 1.29 is 18.3 Å². The molecule has 9 heteroatoms. The van der Waals surface area contributed by atoms with Crippen LogP contribution in [0.15, 0.2) is 17.1 Å². The van der Waals surface area contributed by atoms with Crippen LogP contribution in [0.5, 0.6) is 0 Å². The molecule has 2 rings (SSSR count). The average Bonchev–Trinajstić information content (AvgIpc) is 2.63. The minimum Gasteiger partial charge on any atom is -0.462 e. The lowest BCUT2D eigenvalue weighted by Gasteiger charge is -2.40. The van der Waals surface area contributed by atoms with Gasteiger partial charge in [0.05, 0.1) is 28.2 Å². The predicted molar refractivity (Wildman–Crippen MR) is 136 cm³/mol. The molecule has 0 radical (unpaired) electrons. The average molecular weight is 577 g/mol. The largest absolute Gasteiger partial charge is 0.462 e. The van der Waals surface area contributed by atoms with Crippen molar-refractivity contribution in [1.82, 2.24) is 9.55 Å². The molecular weight excluding hydrogens is 542 g/mol. The molecule has 0 saturated carbocycles. The molecule has 0 aliphatic heterocycles. The molecule has 0 aliphatic carbocycles. The molecule has 0 amide bonds. The van der Waals surface area contributed by atoms with Gasteiger partial charge in [0.2, 0.25) is 11.4 Å². The van der Waals surface area contributed by atoms with Crippen molar-refractivity contribution in [3.63, 3.8) is 0 Å². The van der Waals surface area contributed by atoms with Crippen molar-refractivity contribution in [2.45, 2.75) is 72.6 Å². The van der Waals surface area contributed by atoms with Crippen molar-refractivity contribution >= 4 is 47.9 Å². The molecule has 0 fully saturated rings. The number of fused-ring (bicyclic) bond motifs is 1. The zero-order valence-electron chi connectivity index (χ0n) is 20.4. The molecule has 0 unspecified atom stereocenters. The Morgan fingerprint density at radius 1 is 1.25 bits per heavy atom. The molecule has 1 atom stereocenters. The first-order chi connectivity index (χ1) is 14.5. The summed E-state index contributed by atoms with van der Waals surface area (Å²) in [7, 11) is -2.09. The van der Waals surface area contributed by atoms with Gasteiger partial charge in [-0.05, 0) is 59.1 Å². The van der Waals surface area contributed by atoms with Gasteiger partial charge in [-0.3, -0.25) is 4.79 Å². The Labute approximate surface area is 204 Å². The van der Waals surface area contributed by atoms with Crippen LogP contribution >= 0.6 is 22.6 Å². The summed E-state index contributed by atoms with van der Waals surface area (Å²) in [5, 5.41) is 0.195. The molecule has 2 heterocycles. The molecule has 0 bridgehead atoms. The van der Waals surface area contributed by atoms with E-state index in [1.807, 2.05) is 20.8 Å². The first-order valence-corrected chi connectivity index (χ1v) is 14.7. The Bertz CT molecular complexity index is 1070. The molecule has 0 aliphatic rings. The lowest BCUT2D eigenvalue weighted by atomic mass is 9.86. The van der Waals surface area contributed by atoms with Gasteiger partial charge in [0.25, 0.3) is 0 Å². The fraction of sp³-hybridized carbons (Fsp3) is 0.609. The van der Waals surface area contributed by atoms with Crippen molar-refractivity contribution in [3.05, 3.63) is 37.6 Å². The van der Waals surface area contributed by atoms with Crippen LogP contribution in [-0.2, 0) is 9.16 Å². The summed E-state index contributed by atoms with van der Waals surface area (Å²) < 4.78 is 28.0. The first-order valence-electron chi connectivity index (χ1n) is 10.7. The van der Waals surface area contributed by atoms with E-state index in [2.05, 4.69) is 38.8 Å². The maximum Gasteiger partial charge on any atom is 0.343 e. The number of carbonyl (C=O) groups excluding carboxylic acids is 1. The van der Waals surface area contributed by atoms with E-state index in [4.69, 9.17) is 9.16 Å². The zero-order valence-corrected chi connectivity index (χ0v) is 23.6. The lowest BCUT2D eigenvalue weighted by molar-refractivity contribution is 0.0522. The fourth-order valence-electron chi connectivity index (χ4n) is 3.07. The molecule has 2 aromatic rings. The van der Waals surface area contributed by atoms with E-state index in [0.717, 1.165) is 0 Å². The standard InChI is InChI=1S/C23H34FIN2O4Si/c1-10-30-21(29)15-12-27(20-14(18(15)28)11-16(25)19(24)26-20)17(22(2,3)4)13-31-32(8,9)23(5,6)7/h11-12,17H,10,13H2,1-9H3/t17-/m1/s1. The number of carbonyl (C=O) groups is 1. The second-order valence-corrected chi connectivity index (χ2v) is 16.6. The first kappa shape index (κ1) is 26.9. The fourth-order valence-corrected chi connectivity index (χ4v) is 4.51. The van der Waals surface area contributed by atoms with Crippen molar-refractivity contribution in [3.8, 4) is 0 Å². The van der Waals surface area contributed by atoms with Crippen LogP contribution < -0.4 is 5.43 Å². The van der Waals surface area contributed by atoms with Gasteiger partial charge >= 0.3 is 5.97 Å². The van der Waals surface area contributed by atoms with Gasteiger partial charge in [0, 0.05) is 6.20 Å². The molecule has 178 valence electrons.